The summed E-state index contributed by atoms with van der Waals surface area (Å²) >= 11 is 9.42. The maximum absolute atomic E-state index is 11.2. The molecule has 0 aliphatic carbocycles. The molecule has 0 aliphatic rings. The van der Waals surface area contributed by atoms with E-state index >= 15 is 0 Å². The number of carbonyl (C=O) groups is 1. The Labute approximate surface area is 109 Å². The third-order valence-electron chi connectivity index (χ3n) is 2.37. The molecule has 0 bridgehead atoms. The highest BCUT2D eigenvalue weighted by Gasteiger charge is 2.16. The Morgan fingerprint density at radius 1 is 1.44 bits per heavy atom. The van der Waals surface area contributed by atoms with Crippen molar-refractivity contribution in [3.8, 4) is 0 Å². The van der Waals surface area contributed by atoms with Crippen molar-refractivity contribution in [3.63, 3.8) is 0 Å². The van der Waals surface area contributed by atoms with E-state index in [9.17, 15) is 4.79 Å². The van der Waals surface area contributed by atoms with Crippen molar-refractivity contribution in [2.24, 2.45) is 0 Å². The second-order valence-electron chi connectivity index (χ2n) is 3.74. The lowest BCUT2D eigenvalue weighted by Gasteiger charge is -2.10. The molecule has 0 saturated carbocycles. The minimum atomic E-state index is -0.620. The molecule has 0 N–H and O–H groups in total. The van der Waals surface area contributed by atoms with E-state index in [4.69, 9.17) is 11.6 Å². The number of halogens is 2. The van der Waals surface area contributed by atoms with Gasteiger partial charge in [0, 0.05) is 4.47 Å². The van der Waals surface area contributed by atoms with Gasteiger partial charge in [-0.25, -0.2) is 0 Å². The van der Waals surface area contributed by atoms with Crippen LogP contribution in [0.2, 0.25) is 0 Å². The van der Waals surface area contributed by atoms with Gasteiger partial charge in [-0.3, -0.25) is 4.79 Å². The molecule has 0 saturated heterocycles. The Hall–Kier alpha value is -0.540. The summed E-state index contributed by atoms with van der Waals surface area (Å²) in [7, 11) is 1.34. The van der Waals surface area contributed by atoms with Gasteiger partial charge < -0.3 is 4.74 Å². The molecule has 0 aromatic heterocycles. The van der Waals surface area contributed by atoms with Crippen molar-refractivity contribution >= 4 is 33.5 Å². The van der Waals surface area contributed by atoms with Crippen LogP contribution >= 0.6 is 27.5 Å². The molecule has 0 spiro atoms. The Balaban J connectivity index is 2.86. The Morgan fingerprint density at radius 2 is 1.94 bits per heavy atom. The van der Waals surface area contributed by atoms with E-state index < -0.39 is 5.38 Å². The average molecular weight is 306 g/mol. The van der Waals surface area contributed by atoms with Crippen LogP contribution in [0.4, 0.5) is 0 Å². The summed E-state index contributed by atoms with van der Waals surface area (Å²) in [6.45, 7) is 4.03. The van der Waals surface area contributed by atoms with Gasteiger partial charge in [0.2, 0.25) is 0 Å². The van der Waals surface area contributed by atoms with Crippen molar-refractivity contribution in [3.05, 3.63) is 33.3 Å². The summed E-state index contributed by atoms with van der Waals surface area (Å²) in [5, 5.41) is -0.620. The summed E-state index contributed by atoms with van der Waals surface area (Å²) in [4.78, 5) is 11.2. The van der Waals surface area contributed by atoms with Gasteiger partial charge in [0.25, 0.3) is 0 Å². The molecule has 1 atom stereocenters. The fraction of sp³-hybridized carbons (Fsp3) is 0.417. The smallest absolute Gasteiger partial charge is 0.324 e. The highest BCUT2D eigenvalue weighted by molar-refractivity contribution is 9.10. The first-order valence-electron chi connectivity index (χ1n) is 4.93. The molecule has 16 heavy (non-hydrogen) atoms. The number of hydrogen-bond acceptors (Lipinski definition) is 2. The SMILES string of the molecule is COC(=O)C(Cl)Cc1cc(C)c(Br)c(C)c1. The predicted molar refractivity (Wildman–Crippen MR) is 69.0 cm³/mol. The van der Waals surface area contributed by atoms with Gasteiger partial charge in [-0.1, -0.05) is 28.1 Å². The summed E-state index contributed by atoms with van der Waals surface area (Å²) in [6.07, 6.45) is 0.489. The van der Waals surface area contributed by atoms with E-state index in [-0.39, 0.29) is 5.97 Å². The topological polar surface area (TPSA) is 26.3 Å². The van der Waals surface area contributed by atoms with E-state index in [1.54, 1.807) is 0 Å². The number of methoxy groups -OCH3 is 1. The molecule has 0 aliphatic heterocycles. The van der Waals surface area contributed by atoms with Crippen molar-refractivity contribution in [2.45, 2.75) is 25.6 Å². The first-order chi connectivity index (χ1) is 7.45. The zero-order chi connectivity index (χ0) is 12.3. The van der Waals surface area contributed by atoms with Gasteiger partial charge in [-0.15, -0.1) is 11.6 Å². The molecule has 4 heteroatoms. The van der Waals surface area contributed by atoms with Crippen LogP contribution in [0.25, 0.3) is 0 Å². The maximum atomic E-state index is 11.2. The Bertz CT molecular complexity index is 381. The Morgan fingerprint density at radius 3 is 2.38 bits per heavy atom. The number of esters is 1. The lowest BCUT2D eigenvalue weighted by molar-refractivity contribution is -0.140. The van der Waals surface area contributed by atoms with Gasteiger partial charge in [0.15, 0.2) is 0 Å². The molecule has 0 radical (unpaired) electrons. The van der Waals surface area contributed by atoms with Crippen LogP contribution in [-0.2, 0) is 16.0 Å². The van der Waals surface area contributed by atoms with E-state index in [2.05, 4.69) is 20.7 Å². The zero-order valence-electron chi connectivity index (χ0n) is 9.51. The second-order valence-corrected chi connectivity index (χ2v) is 5.06. The fourth-order valence-electron chi connectivity index (χ4n) is 1.57. The molecule has 0 heterocycles. The van der Waals surface area contributed by atoms with E-state index in [0.717, 1.165) is 21.2 Å². The van der Waals surface area contributed by atoms with Crippen molar-refractivity contribution < 1.29 is 9.53 Å². The summed E-state index contributed by atoms with van der Waals surface area (Å²) in [5.41, 5.74) is 3.33. The number of alkyl halides is 1. The summed E-state index contributed by atoms with van der Waals surface area (Å²) in [6, 6.07) is 4.05. The van der Waals surface area contributed by atoms with Crippen LogP contribution in [-0.4, -0.2) is 18.5 Å². The largest absolute Gasteiger partial charge is 0.468 e. The lowest BCUT2D eigenvalue weighted by atomic mass is 10.0. The summed E-state index contributed by atoms with van der Waals surface area (Å²) < 4.78 is 5.69. The molecule has 1 aromatic rings. The van der Waals surface area contributed by atoms with E-state index in [0.29, 0.717) is 6.42 Å². The molecule has 1 unspecified atom stereocenters. The van der Waals surface area contributed by atoms with Crippen LogP contribution in [0, 0.1) is 13.8 Å². The first-order valence-corrected chi connectivity index (χ1v) is 6.16. The third kappa shape index (κ3) is 3.22. The number of rotatable bonds is 3. The minimum Gasteiger partial charge on any atom is -0.468 e. The second kappa shape index (κ2) is 5.69. The van der Waals surface area contributed by atoms with Crippen molar-refractivity contribution in [2.75, 3.05) is 7.11 Å². The van der Waals surface area contributed by atoms with Crippen molar-refractivity contribution in [1.82, 2.24) is 0 Å². The molecule has 1 aromatic carbocycles. The highest BCUT2D eigenvalue weighted by atomic mass is 79.9. The van der Waals surface area contributed by atoms with Crippen LogP contribution in [0.5, 0.6) is 0 Å². The minimum absolute atomic E-state index is 0.389. The number of hydrogen-bond donors (Lipinski definition) is 0. The van der Waals surface area contributed by atoms with Crippen LogP contribution in [0.3, 0.4) is 0 Å². The van der Waals surface area contributed by atoms with Gasteiger partial charge in [0.1, 0.15) is 5.38 Å². The molecular weight excluding hydrogens is 291 g/mol. The standard InChI is InChI=1S/C12H14BrClO2/c1-7-4-9(5-8(2)11(7)13)6-10(14)12(15)16-3/h4-5,10H,6H2,1-3H3. The third-order valence-corrected chi connectivity index (χ3v) is 3.95. The fourth-order valence-corrected chi connectivity index (χ4v) is 2.07. The number of benzene rings is 1. The van der Waals surface area contributed by atoms with Gasteiger partial charge in [0.05, 0.1) is 7.11 Å². The monoisotopic (exact) mass is 304 g/mol. The predicted octanol–water partition coefficient (Wildman–Crippen LogP) is 3.39. The Kier molecular flexibility index (Phi) is 4.81. The number of ether oxygens (including phenoxy) is 1. The normalized spacial score (nSPS) is 12.3. The van der Waals surface area contributed by atoms with E-state index in [1.807, 2.05) is 26.0 Å². The molecule has 0 amide bonds. The number of carbonyl (C=O) groups excluding carboxylic acids is 1. The van der Waals surface area contributed by atoms with Crippen LogP contribution in [0.1, 0.15) is 16.7 Å². The van der Waals surface area contributed by atoms with Gasteiger partial charge in [-0.2, -0.15) is 0 Å². The summed E-state index contributed by atoms with van der Waals surface area (Å²) in [5.74, 6) is -0.389. The first kappa shape index (κ1) is 13.5. The number of aryl methyl sites for hydroxylation is 2. The van der Waals surface area contributed by atoms with E-state index in [1.165, 1.54) is 7.11 Å². The molecule has 1 rings (SSSR count). The molecule has 2 nitrogen and oxygen atoms in total. The molecule has 0 fully saturated rings. The average Bonchev–Trinajstić information content (AvgIpc) is 2.24. The van der Waals surface area contributed by atoms with Gasteiger partial charge >= 0.3 is 5.97 Å². The van der Waals surface area contributed by atoms with Crippen molar-refractivity contribution in [1.29, 1.82) is 0 Å². The highest BCUT2D eigenvalue weighted by Crippen LogP contribution is 2.23. The van der Waals surface area contributed by atoms with Gasteiger partial charge in [-0.05, 0) is 37.0 Å². The van der Waals surface area contributed by atoms with Crippen LogP contribution in [0.15, 0.2) is 16.6 Å². The zero-order valence-corrected chi connectivity index (χ0v) is 11.9. The maximum Gasteiger partial charge on any atom is 0.324 e. The molecule has 88 valence electrons. The van der Waals surface area contributed by atoms with Crippen LogP contribution < -0.4 is 0 Å². The lowest BCUT2D eigenvalue weighted by Crippen LogP contribution is -2.18. The molecular formula is C12H14BrClO2. The quantitative estimate of drug-likeness (QED) is 0.632.